The average molecular weight is 213 g/mol. The highest BCUT2D eigenvalue weighted by molar-refractivity contribution is 5.93. The van der Waals surface area contributed by atoms with Gasteiger partial charge < -0.3 is 5.32 Å². The van der Waals surface area contributed by atoms with Gasteiger partial charge in [-0.1, -0.05) is 12.1 Å². The highest BCUT2D eigenvalue weighted by atomic mass is 16.1. The molecule has 1 aromatic rings. The van der Waals surface area contributed by atoms with Gasteiger partial charge in [-0.15, -0.1) is 0 Å². The van der Waals surface area contributed by atoms with Crippen molar-refractivity contribution in [2.75, 3.05) is 5.32 Å². The maximum Gasteiger partial charge on any atom is 0.241 e. The first-order valence-corrected chi connectivity index (χ1v) is 4.83. The van der Waals surface area contributed by atoms with Crippen LogP contribution in [0.4, 0.5) is 5.69 Å². The monoisotopic (exact) mass is 213 g/mol. The highest BCUT2D eigenvalue weighted by Gasteiger charge is 2.11. The minimum absolute atomic E-state index is 0.324. The van der Waals surface area contributed by atoms with Gasteiger partial charge in [0.05, 0.1) is 18.6 Å². The molecule has 1 aromatic carbocycles. The SMILES string of the molecule is CC(C#N)C(=O)Nc1ccc(CC#N)cc1. The molecule has 0 heterocycles. The Hall–Kier alpha value is -2.33. The van der Waals surface area contributed by atoms with E-state index < -0.39 is 5.92 Å². The van der Waals surface area contributed by atoms with Gasteiger partial charge in [-0.25, -0.2) is 0 Å². The molecule has 0 saturated heterocycles. The summed E-state index contributed by atoms with van der Waals surface area (Å²) in [4.78, 5) is 11.4. The van der Waals surface area contributed by atoms with Crippen LogP contribution in [0, 0.1) is 28.6 Å². The number of hydrogen-bond donors (Lipinski definition) is 1. The normalized spacial score (nSPS) is 10.9. The maximum absolute atomic E-state index is 11.4. The fraction of sp³-hybridized carbons (Fsp3) is 0.250. The Bertz CT molecular complexity index is 451. The lowest BCUT2D eigenvalue weighted by atomic mass is 10.1. The summed E-state index contributed by atoms with van der Waals surface area (Å²) in [5.41, 5.74) is 1.53. The van der Waals surface area contributed by atoms with Crippen molar-refractivity contribution in [3.63, 3.8) is 0 Å². The van der Waals surface area contributed by atoms with Crippen molar-refractivity contribution in [2.45, 2.75) is 13.3 Å². The first-order chi connectivity index (χ1) is 7.67. The summed E-state index contributed by atoms with van der Waals surface area (Å²) in [5.74, 6) is -0.991. The minimum atomic E-state index is -0.668. The van der Waals surface area contributed by atoms with Crippen LogP contribution in [-0.4, -0.2) is 5.91 Å². The molecule has 0 saturated carbocycles. The van der Waals surface area contributed by atoms with Gasteiger partial charge in [0.1, 0.15) is 5.92 Å². The molecule has 16 heavy (non-hydrogen) atoms. The van der Waals surface area contributed by atoms with Gasteiger partial charge in [0.25, 0.3) is 0 Å². The molecule has 1 atom stereocenters. The fourth-order valence-electron chi connectivity index (χ4n) is 1.11. The van der Waals surface area contributed by atoms with Crippen molar-refractivity contribution < 1.29 is 4.79 Å². The van der Waals surface area contributed by atoms with E-state index in [0.717, 1.165) is 5.56 Å². The van der Waals surface area contributed by atoms with Gasteiger partial charge in [0.15, 0.2) is 0 Å². The Morgan fingerprint density at radius 2 is 2.00 bits per heavy atom. The molecule has 1 rings (SSSR count). The van der Waals surface area contributed by atoms with Gasteiger partial charge in [-0.3, -0.25) is 4.79 Å². The number of nitrogens with one attached hydrogen (secondary N) is 1. The van der Waals surface area contributed by atoms with E-state index in [1.165, 1.54) is 0 Å². The molecular weight excluding hydrogens is 202 g/mol. The molecule has 4 heteroatoms. The van der Waals surface area contributed by atoms with E-state index in [4.69, 9.17) is 10.5 Å². The molecule has 0 radical (unpaired) electrons. The summed E-state index contributed by atoms with van der Waals surface area (Å²) in [6.45, 7) is 1.54. The summed E-state index contributed by atoms with van der Waals surface area (Å²) in [7, 11) is 0. The molecule has 0 spiro atoms. The van der Waals surface area contributed by atoms with Crippen molar-refractivity contribution in [1.29, 1.82) is 10.5 Å². The molecule has 0 fully saturated rings. The standard InChI is InChI=1S/C12H11N3O/c1-9(8-14)12(16)15-11-4-2-10(3-5-11)6-7-13/h2-5,9H,6H2,1H3,(H,15,16). The van der Waals surface area contributed by atoms with Crippen LogP contribution in [0.2, 0.25) is 0 Å². The lowest BCUT2D eigenvalue weighted by Crippen LogP contribution is -2.18. The van der Waals surface area contributed by atoms with E-state index >= 15 is 0 Å². The van der Waals surface area contributed by atoms with Crippen LogP contribution < -0.4 is 5.32 Å². The zero-order chi connectivity index (χ0) is 12.0. The van der Waals surface area contributed by atoms with E-state index in [9.17, 15) is 4.79 Å². The van der Waals surface area contributed by atoms with Crippen LogP contribution >= 0.6 is 0 Å². The number of rotatable bonds is 3. The van der Waals surface area contributed by atoms with Crippen molar-refractivity contribution in [1.82, 2.24) is 0 Å². The zero-order valence-corrected chi connectivity index (χ0v) is 8.90. The van der Waals surface area contributed by atoms with Gasteiger partial charge in [-0.05, 0) is 24.6 Å². The Labute approximate surface area is 94.1 Å². The number of amides is 1. The van der Waals surface area contributed by atoms with Crippen molar-refractivity contribution in [2.24, 2.45) is 5.92 Å². The summed E-state index contributed by atoms with van der Waals surface area (Å²) < 4.78 is 0. The molecule has 0 aliphatic heterocycles. The first-order valence-electron chi connectivity index (χ1n) is 4.83. The minimum Gasteiger partial charge on any atom is -0.325 e. The third-order valence-corrected chi connectivity index (χ3v) is 2.09. The number of hydrogen-bond acceptors (Lipinski definition) is 3. The van der Waals surface area contributed by atoms with Crippen molar-refractivity contribution >= 4 is 11.6 Å². The van der Waals surface area contributed by atoms with Crippen LogP contribution in [0.5, 0.6) is 0 Å². The summed E-state index contributed by atoms with van der Waals surface area (Å²) in [5, 5.41) is 19.7. The lowest BCUT2D eigenvalue weighted by molar-refractivity contribution is -0.117. The smallest absolute Gasteiger partial charge is 0.241 e. The highest BCUT2D eigenvalue weighted by Crippen LogP contribution is 2.11. The average Bonchev–Trinajstić information content (AvgIpc) is 2.31. The van der Waals surface area contributed by atoms with Crippen LogP contribution in [-0.2, 0) is 11.2 Å². The Balaban J connectivity index is 2.67. The van der Waals surface area contributed by atoms with Gasteiger partial charge in [-0.2, -0.15) is 10.5 Å². The van der Waals surface area contributed by atoms with E-state index in [2.05, 4.69) is 5.32 Å². The summed E-state index contributed by atoms with van der Waals surface area (Å²) in [6.07, 6.45) is 0.350. The second kappa shape index (κ2) is 5.53. The topological polar surface area (TPSA) is 76.7 Å². The summed E-state index contributed by atoms with van der Waals surface area (Å²) >= 11 is 0. The lowest BCUT2D eigenvalue weighted by Gasteiger charge is -2.06. The van der Waals surface area contributed by atoms with Crippen LogP contribution in [0.3, 0.4) is 0 Å². The second-order valence-corrected chi connectivity index (χ2v) is 3.37. The third-order valence-electron chi connectivity index (χ3n) is 2.09. The van der Waals surface area contributed by atoms with Gasteiger partial charge in [0.2, 0.25) is 5.91 Å². The first kappa shape index (κ1) is 11.7. The summed E-state index contributed by atoms with van der Waals surface area (Å²) in [6, 6.07) is 10.9. The molecular formula is C12H11N3O. The molecule has 80 valence electrons. The molecule has 0 bridgehead atoms. The molecule has 0 aliphatic carbocycles. The van der Waals surface area contributed by atoms with E-state index in [1.54, 1.807) is 31.2 Å². The van der Waals surface area contributed by atoms with E-state index in [-0.39, 0.29) is 5.91 Å². The Morgan fingerprint density at radius 3 is 2.50 bits per heavy atom. The molecule has 4 nitrogen and oxygen atoms in total. The van der Waals surface area contributed by atoms with Crippen molar-refractivity contribution in [3.8, 4) is 12.1 Å². The zero-order valence-electron chi connectivity index (χ0n) is 8.90. The Morgan fingerprint density at radius 1 is 1.38 bits per heavy atom. The number of nitriles is 2. The third kappa shape index (κ3) is 3.11. The fourth-order valence-corrected chi connectivity index (χ4v) is 1.11. The number of anilines is 1. The van der Waals surface area contributed by atoms with Crippen LogP contribution in [0.15, 0.2) is 24.3 Å². The van der Waals surface area contributed by atoms with E-state index in [1.807, 2.05) is 12.1 Å². The number of nitrogens with zero attached hydrogens (tertiary/aromatic N) is 2. The molecule has 0 aliphatic rings. The number of carbonyl (C=O) groups excluding carboxylic acids is 1. The predicted octanol–water partition coefficient (Wildman–Crippen LogP) is 1.85. The van der Waals surface area contributed by atoms with Gasteiger partial charge in [0, 0.05) is 5.69 Å². The van der Waals surface area contributed by atoms with Crippen molar-refractivity contribution in [3.05, 3.63) is 29.8 Å². The number of carbonyl (C=O) groups is 1. The maximum atomic E-state index is 11.4. The Kier molecular flexibility index (Phi) is 4.06. The number of benzene rings is 1. The van der Waals surface area contributed by atoms with E-state index in [0.29, 0.717) is 12.1 Å². The van der Waals surface area contributed by atoms with Gasteiger partial charge >= 0.3 is 0 Å². The molecule has 1 N–H and O–H groups in total. The largest absolute Gasteiger partial charge is 0.325 e. The predicted molar refractivity (Wildman–Crippen MR) is 59.2 cm³/mol. The second-order valence-electron chi connectivity index (χ2n) is 3.37. The molecule has 1 amide bonds. The van der Waals surface area contributed by atoms with Crippen LogP contribution in [0.1, 0.15) is 12.5 Å². The van der Waals surface area contributed by atoms with Crippen LogP contribution in [0.25, 0.3) is 0 Å². The quantitative estimate of drug-likeness (QED) is 0.832. The molecule has 1 unspecified atom stereocenters. The molecule has 0 aromatic heterocycles.